The number of rotatable bonds is 5. The summed E-state index contributed by atoms with van der Waals surface area (Å²) in [5.41, 5.74) is 0.258. The van der Waals surface area contributed by atoms with E-state index in [1.807, 2.05) is 0 Å². The zero-order valence-corrected chi connectivity index (χ0v) is 13.9. The molecule has 0 amide bonds. The molecule has 4 heteroatoms. The number of hydrogen-bond acceptors (Lipinski definition) is 3. The highest BCUT2D eigenvalue weighted by molar-refractivity contribution is 5.70. The number of nitrogens with zero attached hydrogens (tertiary/aromatic N) is 1. The molecule has 0 aliphatic heterocycles. The van der Waals surface area contributed by atoms with Crippen molar-refractivity contribution in [2.24, 2.45) is 11.8 Å². The summed E-state index contributed by atoms with van der Waals surface area (Å²) in [7, 11) is 4.39. The van der Waals surface area contributed by atoms with Crippen LogP contribution < -0.4 is 5.32 Å². The van der Waals surface area contributed by atoms with Gasteiger partial charge in [-0.3, -0.25) is 4.79 Å². The largest absolute Gasteiger partial charge is 0.481 e. The molecule has 0 radical (unpaired) electrons. The van der Waals surface area contributed by atoms with E-state index in [-0.39, 0.29) is 11.5 Å². The predicted octanol–water partition coefficient (Wildman–Crippen LogP) is 2.73. The van der Waals surface area contributed by atoms with Gasteiger partial charge in [0.15, 0.2) is 0 Å². The molecule has 4 unspecified atom stereocenters. The summed E-state index contributed by atoms with van der Waals surface area (Å²) >= 11 is 0. The van der Waals surface area contributed by atoms with Crippen molar-refractivity contribution in [2.75, 3.05) is 20.6 Å². The van der Waals surface area contributed by atoms with E-state index in [0.717, 1.165) is 38.1 Å². The van der Waals surface area contributed by atoms with Crippen molar-refractivity contribution in [3.63, 3.8) is 0 Å². The van der Waals surface area contributed by atoms with Gasteiger partial charge in [-0.25, -0.2) is 0 Å². The minimum absolute atomic E-state index is 0.142. The fraction of sp³-hybridized carbons (Fsp3) is 0.941. The van der Waals surface area contributed by atoms with Crippen LogP contribution in [-0.2, 0) is 4.79 Å². The van der Waals surface area contributed by atoms with Crippen LogP contribution >= 0.6 is 0 Å². The van der Waals surface area contributed by atoms with E-state index in [2.05, 4.69) is 31.2 Å². The summed E-state index contributed by atoms with van der Waals surface area (Å²) in [6.07, 6.45) is 8.98. The van der Waals surface area contributed by atoms with Crippen LogP contribution in [0.5, 0.6) is 0 Å². The molecule has 0 saturated heterocycles. The van der Waals surface area contributed by atoms with Crippen molar-refractivity contribution in [3.8, 4) is 0 Å². The Bertz CT molecular complexity index is 359. The highest BCUT2D eigenvalue weighted by Crippen LogP contribution is 2.35. The summed E-state index contributed by atoms with van der Waals surface area (Å²) in [6.45, 7) is 3.36. The van der Waals surface area contributed by atoms with Gasteiger partial charge in [0.2, 0.25) is 0 Å². The number of nitrogens with one attached hydrogen (secondary N) is 1. The molecule has 0 aromatic heterocycles. The van der Waals surface area contributed by atoms with Crippen molar-refractivity contribution < 1.29 is 9.90 Å². The summed E-state index contributed by atoms with van der Waals surface area (Å²) in [6, 6.07) is 0.383. The van der Waals surface area contributed by atoms with Gasteiger partial charge >= 0.3 is 5.97 Å². The van der Waals surface area contributed by atoms with E-state index < -0.39 is 5.97 Å². The van der Waals surface area contributed by atoms with Crippen LogP contribution in [0.2, 0.25) is 0 Å². The van der Waals surface area contributed by atoms with Gasteiger partial charge in [-0.1, -0.05) is 26.2 Å². The lowest BCUT2D eigenvalue weighted by Gasteiger charge is -2.46. The van der Waals surface area contributed by atoms with Gasteiger partial charge in [0.25, 0.3) is 0 Å². The van der Waals surface area contributed by atoms with Gasteiger partial charge in [-0.2, -0.15) is 0 Å². The minimum atomic E-state index is -0.616. The summed E-state index contributed by atoms with van der Waals surface area (Å²) < 4.78 is 0. The first-order valence-electron chi connectivity index (χ1n) is 8.56. The molecule has 0 spiro atoms. The Labute approximate surface area is 129 Å². The maximum absolute atomic E-state index is 11.2. The molecule has 0 bridgehead atoms. The maximum atomic E-state index is 11.2. The molecule has 0 aromatic rings. The zero-order chi connectivity index (χ0) is 15.5. The number of hydrogen-bond donors (Lipinski definition) is 2. The Kier molecular flexibility index (Phi) is 5.67. The first-order valence-corrected chi connectivity index (χ1v) is 8.56. The van der Waals surface area contributed by atoms with Gasteiger partial charge in [-0.15, -0.1) is 0 Å². The normalized spacial score (nSPS) is 37.6. The second-order valence-corrected chi connectivity index (χ2v) is 7.60. The number of likely N-dealkylation sites (N-methyl/N-ethyl adjacent to an activating group) is 1. The monoisotopic (exact) mass is 296 g/mol. The molecule has 0 heterocycles. The Hall–Kier alpha value is -0.610. The highest BCUT2D eigenvalue weighted by Gasteiger charge is 2.37. The second-order valence-electron chi connectivity index (χ2n) is 7.60. The van der Waals surface area contributed by atoms with Crippen molar-refractivity contribution in [3.05, 3.63) is 0 Å². The van der Waals surface area contributed by atoms with Crippen LogP contribution in [0.3, 0.4) is 0 Å². The van der Waals surface area contributed by atoms with E-state index in [0.29, 0.717) is 6.04 Å². The molecular weight excluding hydrogens is 264 g/mol. The standard InChI is InChI=1S/C17H32N2O2/c1-13-6-5-9-17(11-13,19(2)3)12-18-15-8-4-7-14(10-15)16(20)21/h13-15,18H,4-12H2,1-3H3,(H,20,21). The fourth-order valence-electron chi connectivity index (χ4n) is 4.29. The van der Waals surface area contributed by atoms with E-state index in [4.69, 9.17) is 0 Å². The summed E-state index contributed by atoms with van der Waals surface area (Å²) in [5, 5.41) is 12.9. The molecule has 122 valence electrons. The third-order valence-corrected chi connectivity index (χ3v) is 5.76. The third kappa shape index (κ3) is 4.19. The van der Waals surface area contributed by atoms with Crippen LogP contribution in [0, 0.1) is 11.8 Å². The van der Waals surface area contributed by atoms with Gasteiger partial charge in [0.1, 0.15) is 0 Å². The molecule has 0 aromatic carbocycles. The molecule has 2 fully saturated rings. The van der Waals surface area contributed by atoms with Crippen LogP contribution in [0.1, 0.15) is 58.3 Å². The fourth-order valence-corrected chi connectivity index (χ4v) is 4.29. The van der Waals surface area contributed by atoms with Gasteiger partial charge in [-0.05, 0) is 52.1 Å². The van der Waals surface area contributed by atoms with Crippen molar-refractivity contribution >= 4 is 5.97 Å². The van der Waals surface area contributed by atoms with Gasteiger partial charge in [0.05, 0.1) is 5.92 Å². The van der Waals surface area contributed by atoms with E-state index >= 15 is 0 Å². The Morgan fingerprint density at radius 2 is 2.05 bits per heavy atom. The zero-order valence-electron chi connectivity index (χ0n) is 13.9. The van der Waals surface area contributed by atoms with Crippen LogP contribution in [0.4, 0.5) is 0 Å². The van der Waals surface area contributed by atoms with Crippen LogP contribution in [0.25, 0.3) is 0 Å². The maximum Gasteiger partial charge on any atom is 0.306 e. The van der Waals surface area contributed by atoms with Crippen LogP contribution in [0.15, 0.2) is 0 Å². The number of carboxylic acids is 1. The molecule has 2 N–H and O–H groups in total. The third-order valence-electron chi connectivity index (χ3n) is 5.76. The minimum Gasteiger partial charge on any atom is -0.481 e. The SMILES string of the molecule is CC1CCCC(CNC2CCCC(C(=O)O)C2)(N(C)C)C1. The number of carbonyl (C=O) groups is 1. The lowest BCUT2D eigenvalue weighted by molar-refractivity contribution is -0.143. The molecular formula is C17H32N2O2. The molecule has 4 nitrogen and oxygen atoms in total. The van der Waals surface area contributed by atoms with Gasteiger partial charge < -0.3 is 15.3 Å². The quantitative estimate of drug-likeness (QED) is 0.819. The molecule has 21 heavy (non-hydrogen) atoms. The smallest absolute Gasteiger partial charge is 0.306 e. The predicted molar refractivity (Wildman–Crippen MR) is 85.4 cm³/mol. The average molecular weight is 296 g/mol. The van der Waals surface area contributed by atoms with E-state index in [9.17, 15) is 9.90 Å². The lowest BCUT2D eigenvalue weighted by atomic mass is 9.75. The first-order chi connectivity index (χ1) is 9.93. The van der Waals surface area contributed by atoms with E-state index in [1.54, 1.807) is 0 Å². The highest BCUT2D eigenvalue weighted by atomic mass is 16.4. The number of carboxylic acid groups (broad SMARTS) is 1. The number of aliphatic carboxylic acids is 1. The topological polar surface area (TPSA) is 52.6 Å². The molecule has 2 rings (SSSR count). The molecule has 4 atom stereocenters. The second kappa shape index (κ2) is 7.10. The first kappa shape index (κ1) is 16.8. The average Bonchev–Trinajstić information content (AvgIpc) is 2.45. The van der Waals surface area contributed by atoms with Crippen molar-refractivity contribution in [1.29, 1.82) is 0 Å². The Balaban J connectivity index is 1.91. The molecule has 2 aliphatic rings. The van der Waals surface area contributed by atoms with Gasteiger partial charge in [0, 0.05) is 18.1 Å². The van der Waals surface area contributed by atoms with Crippen LogP contribution in [-0.4, -0.2) is 48.2 Å². The molecule has 2 aliphatic carbocycles. The van der Waals surface area contributed by atoms with Crippen molar-refractivity contribution in [1.82, 2.24) is 10.2 Å². The van der Waals surface area contributed by atoms with E-state index in [1.165, 1.54) is 25.7 Å². The summed E-state index contributed by atoms with van der Waals surface area (Å²) in [5.74, 6) is 0.0352. The summed E-state index contributed by atoms with van der Waals surface area (Å²) in [4.78, 5) is 13.6. The Morgan fingerprint density at radius 1 is 1.29 bits per heavy atom. The van der Waals surface area contributed by atoms with Crippen molar-refractivity contribution in [2.45, 2.75) is 69.9 Å². The Morgan fingerprint density at radius 3 is 2.67 bits per heavy atom. The molecule has 2 saturated carbocycles. The lowest BCUT2D eigenvalue weighted by Crippen LogP contribution is -2.56.